The third-order valence-electron chi connectivity index (χ3n) is 14.9. The first kappa shape index (κ1) is 82.8. The van der Waals surface area contributed by atoms with Crippen molar-refractivity contribution in [3.63, 3.8) is 0 Å². The van der Waals surface area contributed by atoms with Crippen LogP contribution in [0.5, 0.6) is 0 Å². The van der Waals surface area contributed by atoms with E-state index in [0.717, 1.165) is 31.9 Å². The summed E-state index contributed by atoms with van der Waals surface area (Å²) in [6.45, 7) is -3.68. The van der Waals surface area contributed by atoms with Gasteiger partial charge in [0.2, 0.25) is 17.7 Å². The van der Waals surface area contributed by atoms with E-state index in [1.165, 1.54) is 12.1 Å². The highest BCUT2D eigenvalue weighted by Gasteiger charge is 2.60. The molecule has 0 saturated carbocycles. The van der Waals surface area contributed by atoms with Crippen LogP contribution in [-0.2, 0) is 120 Å². The number of benzene rings is 1. The molecule has 98 heavy (non-hydrogen) atoms. The number of anilines is 2. The van der Waals surface area contributed by atoms with Crippen molar-refractivity contribution in [1.82, 2.24) is 10.6 Å². The summed E-state index contributed by atoms with van der Waals surface area (Å²) in [6, 6.07) is 1.42. The zero-order valence-corrected chi connectivity index (χ0v) is 55.6. The Bertz CT molecular complexity index is 3320. The van der Waals surface area contributed by atoms with Crippen LogP contribution in [0.4, 0.5) is 11.4 Å². The molecule has 5 fully saturated rings. The number of carboxylic acids is 2. The van der Waals surface area contributed by atoms with Crippen molar-refractivity contribution in [2.45, 2.75) is 198 Å². The van der Waals surface area contributed by atoms with Gasteiger partial charge in [-0.15, -0.1) is 0 Å². The van der Waals surface area contributed by atoms with Gasteiger partial charge in [-0.05, 0) is 37.5 Å². The molecule has 1 aromatic carbocycles. The molecule has 5 heterocycles. The van der Waals surface area contributed by atoms with Crippen LogP contribution in [-0.4, -0.2) is 322 Å². The predicted molar refractivity (Wildman–Crippen MR) is 318 cm³/mol. The molecule has 5 saturated heterocycles. The predicted octanol–water partition coefficient (Wildman–Crippen LogP) is -7.74. The second kappa shape index (κ2) is 35.8. The smallest absolute Gasteiger partial charge is 0.397 e. The molecule has 19 N–H and O–H groups in total. The number of nitrogens with one attached hydrogen (secondary N) is 4. The zero-order valence-electron chi connectivity index (χ0n) is 50.7. The number of hydrogen-bond acceptors (Lipinski definition) is 37. The number of carbonyl (C=O) groups excluding carboxylic acids is 3. The van der Waals surface area contributed by atoms with E-state index in [-0.39, 0.29) is 12.3 Å². The summed E-state index contributed by atoms with van der Waals surface area (Å²) in [5.74, 6) is -5.95. The molecule has 3 amide bonds. The average molecular weight is 1540 g/mol. The number of amides is 3. The molecule has 0 spiro atoms. The van der Waals surface area contributed by atoms with Crippen molar-refractivity contribution >= 4 is 104 Å². The summed E-state index contributed by atoms with van der Waals surface area (Å²) in [5, 5.41) is 130. The van der Waals surface area contributed by atoms with Gasteiger partial charge >= 0.3 is 53.5 Å². The van der Waals surface area contributed by atoms with Crippen molar-refractivity contribution in [3.8, 4) is 0 Å². The Morgan fingerprint density at radius 1 is 0.582 bits per heavy atom. The number of carbonyl (C=O) groups is 5. The van der Waals surface area contributed by atoms with Gasteiger partial charge in [0.15, 0.2) is 37.4 Å². The third-order valence-corrected chi connectivity index (χ3v) is 19.7. The summed E-state index contributed by atoms with van der Waals surface area (Å²) in [5.41, 5.74) is 0.666. The van der Waals surface area contributed by atoms with Crippen molar-refractivity contribution in [1.29, 1.82) is 0 Å². The number of hydrogen-bond donors (Lipinski definition) is 19. The third kappa shape index (κ3) is 24.5. The Morgan fingerprint density at radius 2 is 1.07 bits per heavy atom. The van der Waals surface area contributed by atoms with Crippen LogP contribution in [0.3, 0.4) is 0 Å². The molecule has 0 radical (unpaired) electrons. The van der Waals surface area contributed by atoms with E-state index in [2.05, 4.69) is 28.5 Å². The van der Waals surface area contributed by atoms with Crippen molar-refractivity contribution in [2.24, 2.45) is 0 Å². The van der Waals surface area contributed by atoms with Gasteiger partial charge in [0.05, 0.1) is 25.9 Å². The fourth-order valence-corrected chi connectivity index (χ4v) is 15.1. The molecule has 5 aliphatic rings. The van der Waals surface area contributed by atoms with Crippen LogP contribution < -0.4 is 21.3 Å². The van der Waals surface area contributed by atoms with Crippen LogP contribution in [0.15, 0.2) is 24.3 Å². The van der Waals surface area contributed by atoms with E-state index >= 15 is 0 Å². The zero-order chi connectivity index (χ0) is 73.1. The maximum Gasteiger partial charge on any atom is 0.397 e. The Labute approximate surface area is 564 Å². The molecule has 0 aliphatic carbocycles. The standard InChI is InChI=1S/C48H74N4O40S6/c1-17(53)50-27-38(36(91-97(75,76)77)24(15-82-95(69,70)71)84-45(27)81-14-23(56)30(59)29(58)22(55)13-49-19-6-5-7-20(12-19)52-26(57)9-4-3-8-21-10-11-93-94-21)86-48-35(64)33(62)40(42(90-48)44(67)68)88-46-28(51-18(2)54)39(87-47-34(63)31(60)32(61)41(89-47)43(65)66)37(92-98(78,79)80)25(85-46)16-83-96(72,73)74/h5-7,12,21-25,27-42,45-49,55-56,58-64H,3-4,8-11,13-16H2,1-2H3,(H,50,53)(H,51,54)(H,52,57)(H,65,66)(H,67,68)(H,69,70,71)(H,72,73,74)(H,75,76,77)(H,78,79,80)/t21?,22-,23+,24+,25+,27+,28+,29+,30+,31-,32-,33+,34+,35+,36-,37-,38+,39+,40-,41-,42-,45+,46-,47+,48+/m0/s1. The number of unbranched alkanes of at least 4 members (excludes halogenated alkanes) is 1. The van der Waals surface area contributed by atoms with Gasteiger partial charge in [-0.2, -0.15) is 33.7 Å². The van der Waals surface area contributed by atoms with E-state index in [9.17, 15) is 132 Å². The molecule has 44 nitrogen and oxygen atoms in total. The van der Waals surface area contributed by atoms with Crippen molar-refractivity contribution in [3.05, 3.63) is 24.3 Å². The Balaban J connectivity index is 1.26. The molecular weight excluding hydrogens is 1460 g/mol. The fraction of sp³-hybridized carbons (Fsp3) is 0.771. The Morgan fingerprint density at radius 3 is 1.57 bits per heavy atom. The highest BCUT2D eigenvalue weighted by molar-refractivity contribution is 8.77. The number of ether oxygens (including phenoxy) is 8. The average Bonchev–Trinajstić information content (AvgIpc) is 0.794. The normalized spacial score (nSPS) is 33.9. The molecular formula is C48H74N4O40S6. The first-order valence-corrected chi connectivity index (χ1v) is 36.6. The molecule has 6 rings (SSSR count). The van der Waals surface area contributed by atoms with E-state index in [1.807, 2.05) is 26.9 Å². The quantitative estimate of drug-likeness (QED) is 0.0170. The number of carboxylic acid groups (broad SMARTS) is 2. The Hall–Kier alpha value is -4.13. The second-order valence-corrected chi connectivity index (χ2v) is 29.3. The number of aliphatic hydroxyl groups is 9. The summed E-state index contributed by atoms with van der Waals surface area (Å²) < 4.78 is 198. The van der Waals surface area contributed by atoms with Gasteiger partial charge in [-0.1, -0.05) is 34.1 Å². The molecule has 50 heteroatoms. The van der Waals surface area contributed by atoms with E-state index in [0.29, 0.717) is 30.0 Å². The monoisotopic (exact) mass is 1540 g/mol. The summed E-state index contributed by atoms with van der Waals surface area (Å²) in [7, 11) is -19.4. The first-order valence-electron chi connectivity index (χ1n) is 28.8. The minimum atomic E-state index is -5.93. The highest BCUT2D eigenvalue weighted by Crippen LogP contribution is 2.41. The van der Waals surface area contributed by atoms with Crippen LogP contribution in [0.2, 0.25) is 0 Å². The van der Waals surface area contributed by atoms with Gasteiger partial charge in [0.25, 0.3) is 0 Å². The Kier molecular flexibility index (Phi) is 30.3. The molecule has 562 valence electrons. The minimum absolute atomic E-state index is 0.250. The molecule has 1 unspecified atom stereocenters. The number of aliphatic carboxylic acids is 2. The van der Waals surface area contributed by atoms with Crippen LogP contribution in [0.25, 0.3) is 0 Å². The van der Waals surface area contributed by atoms with Gasteiger partial charge in [0, 0.05) is 49.2 Å². The topological polar surface area (TPSA) is 684 Å². The molecule has 25 atom stereocenters. The summed E-state index contributed by atoms with van der Waals surface area (Å²) in [4.78, 5) is 63.7. The lowest BCUT2D eigenvalue weighted by atomic mass is 9.94. The van der Waals surface area contributed by atoms with E-state index in [4.69, 9.17) is 42.1 Å². The lowest BCUT2D eigenvalue weighted by Crippen LogP contribution is -2.71. The van der Waals surface area contributed by atoms with Crippen LogP contribution >= 0.6 is 21.6 Å². The van der Waals surface area contributed by atoms with Crippen LogP contribution in [0, 0.1) is 0 Å². The van der Waals surface area contributed by atoms with Gasteiger partial charge in [0.1, 0.15) is 104 Å². The van der Waals surface area contributed by atoms with Gasteiger partial charge in [-0.25, -0.2) is 26.3 Å². The van der Waals surface area contributed by atoms with E-state index in [1.54, 1.807) is 12.1 Å². The van der Waals surface area contributed by atoms with Crippen molar-refractivity contribution in [2.75, 3.05) is 42.8 Å². The van der Waals surface area contributed by atoms with Gasteiger partial charge in [-0.3, -0.25) is 32.6 Å². The van der Waals surface area contributed by atoms with Crippen molar-refractivity contribution < 1.29 is 187 Å². The maximum absolute atomic E-state index is 13.2. The number of rotatable bonds is 35. The molecule has 0 aromatic heterocycles. The summed E-state index contributed by atoms with van der Waals surface area (Å²) >= 11 is 0. The molecule has 1 aromatic rings. The van der Waals surface area contributed by atoms with E-state index < -0.39 is 239 Å². The van der Waals surface area contributed by atoms with Crippen LogP contribution in [0.1, 0.15) is 46.0 Å². The lowest BCUT2D eigenvalue weighted by Gasteiger charge is -2.50. The largest absolute Gasteiger partial charge is 0.479 e. The minimum Gasteiger partial charge on any atom is -0.479 e. The van der Waals surface area contributed by atoms with Gasteiger partial charge < -0.3 is 115 Å². The lowest BCUT2D eigenvalue weighted by molar-refractivity contribution is -0.367. The fourth-order valence-electron chi connectivity index (χ4n) is 10.4. The highest BCUT2D eigenvalue weighted by atomic mass is 33.1. The molecule has 0 bridgehead atoms. The first-order chi connectivity index (χ1) is 45.5. The SMILES string of the molecule is CC(=O)N[C@H]1[C@H](O[C@H]2[C@H](O)[C@@H](O)[C@H](O[C@@H]3[C@@H](NC(C)=O)[C@H](OC[C@@H](O)[C@@H](O)[C@H](O)[C@@H](O)CNc4cccc(NC(=O)CCCCC5CCSS5)c4)O[C@H](COS(=O)(=O)O)[C@@H]3OS(=O)(=O)O)O[C@@H]2C(=O)O)O[C@H](COS(=O)(=O)O)[C@H](OS(=O)(=O)O)[C@@H]1O[C@@H]1O[C@H](C(=O)O)[C@@H](O)[C@H](O)[C@H]1O. The molecule has 5 aliphatic heterocycles. The second-order valence-electron chi connectivity index (χ2n) is 22.3. The number of aliphatic hydroxyl groups excluding tert-OH is 9. The maximum atomic E-state index is 13.2. The summed E-state index contributed by atoms with van der Waals surface area (Å²) in [6.07, 6.45) is -52.8.